The van der Waals surface area contributed by atoms with Gasteiger partial charge in [0.25, 0.3) is 0 Å². The molecule has 1 fully saturated rings. The third-order valence-electron chi connectivity index (χ3n) is 6.72. The van der Waals surface area contributed by atoms with E-state index >= 15 is 0 Å². The van der Waals surface area contributed by atoms with Crippen LogP contribution < -0.4 is 16.4 Å². The van der Waals surface area contributed by atoms with Gasteiger partial charge in [-0.25, -0.2) is 4.79 Å². The fourth-order valence-corrected chi connectivity index (χ4v) is 4.82. The number of primary amides is 1. The van der Waals surface area contributed by atoms with Gasteiger partial charge >= 0.3 is 6.09 Å². The number of nitrogens with two attached hydrogens (primary N) is 1. The van der Waals surface area contributed by atoms with Crippen molar-refractivity contribution < 1.29 is 23.9 Å². The van der Waals surface area contributed by atoms with Crippen molar-refractivity contribution in [3.63, 3.8) is 0 Å². The molecule has 2 aliphatic heterocycles. The molecule has 1 aliphatic carbocycles. The summed E-state index contributed by atoms with van der Waals surface area (Å²) in [6.45, 7) is 8.58. The Kier molecular flexibility index (Phi) is 7.53. The summed E-state index contributed by atoms with van der Waals surface area (Å²) < 4.78 is 10.6. The maximum Gasteiger partial charge on any atom is 0.411 e. The van der Waals surface area contributed by atoms with E-state index in [2.05, 4.69) is 10.6 Å². The van der Waals surface area contributed by atoms with Crippen LogP contribution in [0.2, 0.25) is 0 Å². The maximum absolute atomic E-state index is 13.2. The van der Waals surface area contributed by atoms with E-state index in [1.54, 1.807) is 31.1 Å². The Morgan fingerprint density at radius 1 is 1.18 bits per heavy atom. The summed E-state index contributed by atoms with van der Waals surface area (Å²) in [5.41, 5.74) is 4.24. The van der Waals surface area contributed by atoms with Crippen LogP contribution in [0.4, 0.5) is 4.79 Å². The molecule has 9 nitrogen and oxygen atoms in total. The van der Waals surface area contributed by atoms with Crippen molar-refractivity contribution in [1.29, 1.82) is 0 Å². The highest BCUT2D eigenvalue weighted by atomic mass is 16.6. The molecule has 1 saturated heterocycles. The molecule has 184 valence electrons. The van der Waals surface area contributed by atoms with Gasteiger partial charge in [-0.1, -0.05) is 24.3 Å². The standard InChI is InChI=1S/C24H38N4O5/c1-23(2,3)33-22(31)28-16-7-8-18(28)17(14-16)27-20(29)15-9-10-24(4,21(25)30)19(13-15)26-11-6-12-32-5/h7-10,15-19,26H,6,11-14H2,1-5H3,(H2,25,30)(H,27,29). The summed E-state index contributed by atoms with van der Waals surface area (Å²) >= 11 is 0. The molecule has 9 heteroatoms. The van der Waals surface area contributed by atoms with Gasteiger partial charge in [0, 0.05) is 19.8 Å². The van der Waals surface area contributed by atoms with Gasteiger partial charge in [-0.05, 0) is 53.5 Å². The van der Waals surface area contributed by atoms with Crippen LogP contribution in [0, 0.1) is 11.3 Å². The molecular weight excluding hydrogens is 424 g/mol. The molecule has 0 radical (unpaired) electrons. The molecule has 3 amide bonds. The summed E-state index contributed by atoms with van der Waals surface area (Å²) in [6.07, 6.45) is 9.03. The number of nitrogens with one attached hydrogen (secondary N) is 2. The van der Waals surface area contributed by atoms with E-state index in [4.69, 9.17) is 15.2 Å². The smallest absolute Gasteiger partial charge is 0.411 e. The molecule has 6 unspecified atom stereocenters. The highest BCUT2D eigenvalue weighted by Gasteiger charge is 2.48. The normalized spacial score (nSPS) is 32.8. The molecule has 4 N–H and O–H groups in total. The lowest BCUT2D eigenvalue weighted by atomic mass is 9.72. The molecule has 0 aromatic carbocycles. The zero-order chi connectivity index (χ0) is 24.4. The average Bonchev–Trinajstić information content (AvgIpc) is 3.29. The number of fused-ring (bicyclic) bond motifs is 2. The van der Waals surface area contributed by atoms with Crippen molar-refractivity contribution in [2.24, 2.45) is 17.1 Å². The van der Waals surface area contributed by atoms with E-state index in [1.807, 2.05) is 32.9 Å². The molecule has 3 rings (SSSR count). The van der Waals surface area contributed by atoms with Gasteiger partial charge in [0.05, 0.1) is 29.5 Å². The van der Waals surface area contributed by atoms with Gasteiger partial charge in [0.15, 0.2) is 0 Å². The van der Waals surface area contributed by atoms with Gasteiger partial charge in [-0.15, -0.1) is 0 Å². The second-order valence-electron chi connectivity index (χ2n) is 10.4. The van der Waals surface area contributed by atoms with Crippen molar-refractivity contribution in [3.8, 4) is 0 Å². The van der Waals surface area contributed by atoms with Crippen LogP contribution in [0.3, 0.4) is 0 Å². The Hall–Kier alpha value is -2.39. The van der Waals surface area contributed by atoms with Crippen molar-refractivity contribution >= 4 is 17.9 Å². The number of ether oxygens (including phenoxy) is 2. The monoisotopic (exact) mass is 462 g/mol. The topological polar surface area (TPSA) is 123 Å². The minimum atomic E-state index is -0.869. The molecule has 33 heavy (non-hydrogen) atoms. The second kappa shape index (κ2) is 9.85. The highest BCUT2D eigenvalue weighted by Crippen LogP contribution is 2.36. The lowest BCUT2D eigenvalue weighted by Gasteiger charge is -2.38. The fraction of sp³-hybridized carbons (Fsp3) is 0.708. The van der Waals surface area contributed by atoms with E-state index in [0.717, 1.165) is 6.42 Å². The minimum absolute atomic E-state index is 0.0783. The highest BCUT2D eigenvalue weighted by molar-refractivity contribution is 5.86. The zero-order valence-electron chi connectivity index (χ0n) is 20.3. The van der Waals surface area contributed by atoms with Crippen LogP contribution in [0.1, 0.15) is 47.0 Å². The predicted molar refractivity (Wildman–Crippen MR) is 124 cm³/mol. The lowest BCUT2D eigenvalue weighted by Crippen LogP contribution is -2.55. The van der Waals surface area contributed by atoms with Crippen molar-refractivity contribution in [2.45, 2.75) is 76.7 Å². The quantitative estimate of drug-likeness (QED) is 0.371. The number of hydrogen-bond donors (Lipinski definition) is 3. The second-order valence-corrected chi connectivity index (χ2v) is 10.4. The zero-order valence-corrected chi connectivity index (χ0v) is 20.3. The largest absolute Gasteiger partial charge is 0.444 e. The molecule has 2 heterocycles. The molecular formula is C24H38N4O5. The van der Waals surface area contributed by atoms with E-state index < -0.39 is 22.8 Å². The minimum Gasteiger partial charge on any atom is -0.444 e. The predicted octanol–water partition coefficient (Wildman–Crippen LogP) is 1.48. The van der Waals surface area contributed by atoms with Crippen LogP contribution in [0.5, 0.6) is 0 Å². The van der Waals surface area contributed by atoms with E-state index in [-0.39, 0.29) is 36.2 Å². The number of rotatable bonds is 8. The SMILES string of the molecule is COCCCNC1CC(C(=O)NC2CC3C=CC2N3C(=O)OC(C)(C)C)C=CC1(C)C(N)=O. The number of hydrogen-bond acceptors (Lipinski definition) is 6. The Labute approximate surface area is 196 Å². The lowest BCUT2D eigenvalue weighted by molar-refractivity contribution is -0.129. The van der Waals surface area contributed by atoms with Crippen LogP contribution in [-0.4, -0.2) is 72.8 Å². The summed E-state index contributed by atoms with van der Waals surface area (Å²) in [7, 11) is 1.64. The van der Waals surface area contributed by atoms with E-state index in [1.165, 1.54) is 0 Å². The summed E-state index contributed by atoms with van der Waals surface area (Å²) in [6, 6.07) is -0.734. The Morgan fingerprint density at radius 3 is 2.55 bits per heavy atom. The first kappa shape index (κ1) is 25.2. The van der Waals surface area contributed by atoms with Crippen LogP contribution in [-0.2, 0) is 19.1 Å². The number of nitrogens with zero attached hydrogens (tertiary/aromatic N) is 1. The van der Waals surface area contributed by atoms with Crippen LogP contribution >= 0.6 is 0 Å². The van der Waals surface area contributed by atoms with E-state index in [9.17, 15) is 14.4 Å². The molecule has 6 atom stereocenters. The first-order valence-electron chi connectivity index (χ1n) is 11.7. The summed E-state index contributed by atoms with van der Waals surface area (Å²) in [5, 5.41) is 6.51. The van der Waals surface area contributed by atoms with Crippen LogP contribution in [0.15, 0.2) is 24.3 Å². The third-order valence-corrected chi connectivity index (χ3v) is 6.72. The molecule has 0 aromatic rings. The third kappa shape index (κ3) is 5.58. The Morgan fingerprint density at radius 2 is 1.91 bits per heavy atom. The summed E-state index contributed by atoms with van der Waals surface area (Å²) in [4.78, 5) is 39.7. The molecule has 0 aromatic heterocycles. The molecule has 3 aliphatic rings. The molecule has 0 saturated carbocycles. The van der Waals surface area contributed by atoms with Gasteiger partial charge in [-0.3, -0.25) is 14.5 Å². The Balaban J connectivity index is 1.64. The van der Waals surface area contributed by atoms with Gasteiger partial charge < -0.3 is 25.8 Å². The van der Waals surface area contributed by atoms with Crippen LogP contribution in [0.25, 0.3) is 0 Å². The van der Waals surface area contributed by atoms with Crippen molar-refractivity contribution in [1.82, 2.24) is 15.5 Å². The fourth-order valence-electron chi connectivity index (χ4n) is 4.82. The van der Waals surface area contributed by atoms with Gasteiger partial charge in [-0.2, -0.15) is 0 Å². The molecule has 2 bridgehead atoms. The Bertz CT molecular complexity index is 820. The number of carbonyl (C=O) groups is 3. The average molecular weight is 463 g/mol. The van der Waals surface area contributed by atoms with E-state index in [0.29, 0.717) is 26.0 Å². The summed E-state index contributed by atoms with van der Waals surface area (Å²) in [5.74, 6) is -0.930. The van der Waals surface area contributed by atoms with Crippen molar-refractivity contribution in [3.05, 3.63) is 24.3 Å². The maximum atomic E-state index is 13.2. The molecule has 0 spiro atoms. The van der Waals surface area contributed by atoms with Gasteiger partial charge in [0.1, 0.15) is 5.60 Å². The van der Waals surface area contributed by atoms with Gasteiger partial charge in [0.2, 0.25) is 11.8 Å². The number of carbonyl (C=O) groups excluding carboxylic acids is 3. The first-order chi connectivity index (χ1) is 15.5. The first-order valence-corrected chi connectivity index (χ1v) is 11.7. The number of amides is 3. The van der Waals surface area contributed by atoms with Crippen molar-refractivity contribution in [2.75, 3.05) is 20.3 Å². The number of methoxy groups -OCH3 is 1.